The van der Waals surface area contributed by atoms with Crippen LogP contribution in [0.4, 0.5) is 0 Å². The zero-order valence-electron chi connectivity index (χ0n) is 19.8. The molecule has 1 aromatic heterocycles. The van der Waals surface area contributed by atoms with Gasteiger partial charge in [-0.05, 0) is 22.4 Å². The first-order chi connectivity index (χ1) is 17.3. The van der Waals surface area contributed by atoms with Gasteiger partial charge in [0.25, 0.3) is 5.91 Å². The third-order valence-corrected chi connectivity index (χ3v) is 6.84. The zero-order chi connectivity index (χ0) is 25.4. The highest BCUT2D eigenvalue weighted by atomic mass is 16.4. The van der Waals surface area contributed by atoms with E-state index in [1.54, 1.807) is 6.20 Å². The Kier molecular flexibility index (Phi) is 6.20. The van der Waals surface area contributed by atoms with Crippen LogP contribution in [-0.2, 0) is 23.1 Å². The molecule has 0 spiro atoms. The molecule has 0 unspecified atom stereocenters. The number of carboxylic acids is 1. The molecule has 1 aliphatic heterocycles. The van der Waals surface area contributed by atoms with Crippen LogP contribution in [-0.4, -0.2) is 62.2 Å². The number of aliphatic hydroxyl groups excluding tert-OH is 1. The van der Waals surface area contributed by atoms with Crippen molar-refractivity contribution in [1.29, 1.82) is 0 Å². The minimum atomic E-state index is -1.18. The lowest BCUT2D eigenvalue weighted by Gasteiger charge is -2.25. The Balaban J connectivity index is 1.36. The number of hydrogen-bond acceptors (Lipinski definition) is 4. The fourth-order valence-corrected chi connectivity index (χ4v) is 5.02. The third kappa shape index (κ3) is 4.43. The van der Waals surface area contributed by atoms with Gasteiger partial charge in [0.05, 0.1) is 11.7 Å². The third-order valence-electron chi connectivity index (χ3n) is 6.84. The van der Waals surface area contributed by atoms with E-state index in [1.165, 1.54) is 4.90 Å². The van der Waals surface area contributed by atoms with Gasteiger partial charge in [-0.15, -0.1) is 0 Å². The van der Waals surface area contributed by atoms with E-state index in [1.807, 2.05) is 78.3 Å². The quantitative estimate of drug-likeness (QED) is 0.389. The number of benzene rings is 3. The van der Waals surface area contributed by atoms with Crippen molar-refractivity contribution in [3.05, 3.63) is 84.1 Å². The van der Waals surface area contributed by atoms with Gasteiger partial charge >= 0.3 is 5.97 Å². The highest BCUT2D eigenvalue weighted by Crippen LogP contribution is 2.26. The van der Waals surface area contributed by atoms with Crippen molar-refractivity contribution in [2.24, 2.45) is 7.05 Å². The lowest BCUT2D eigenvalue weighted by Crippen LogP contribution is -2.51. The molecule has 3 N–H and O–H groups in total. The van der Waals surface area contributed by atoms with Crippen LogP contribution in [0.2, 0.25) is 0 Å². The number of aromatic nitrogens is 1. The van der Waals surface area contributed by atoms with Crippen molar-refractivity contribution in [3.8, 4) is 0 Å². The second-order valence-electron chi connectivity index (χ2n) is 9.32. The van der Waals surface area contributed by atoms with Crippen LogP contribution in [0.1, 0.15) is 22.3 Å². The predicted molar refractivity (Wildman–Crippen MR) is 136 cm³/mol. The van der Waals surface area contributed by atoms with Crippen molar-refractivity contribution in [2.75, 3.05) is 6.54 Å². The molecule has 2 heterocycles. The van der Waals surface area contributed by atoms with Gasteiger partial charge in [-0.2, -0.15) is 0 Å². The number of nitrogens with one attached hydrogen (secondary N) is 1. The van der Waals surface area contributed by atoms with Crippen LogP contribution >= 0.6 is 0 Å². The monoisotopic (exact) mass is 485 g/mol. The number of aliphatic hydroxyl groups is 1. The molecule has 4 aromatic rings. The van der Waals surface area contributed by atoms with Gasteiger partial charge in [-0.1, -0.05) is 60.7 Å². The smallest absolute Gasteiger partial charge is 0.326 e. The fourth-order valence-electron chi connectivity index (χ4n) is 5.02. The molecule has 184 valence electrons. The van der Waals surface area contributed by atoms with Crippen LogP contribution in [0.15, 0.2) is 72.9 Å². The van der Waals surface area contributed by atoms with Crippen molar-refractivity contribution >= 4 is 39.5 Å². The van der Waals surface area contributed by atoms with Gasteiger partial charge in [-0.3, -0.25) is 9.59 Å². The molecular weight excluding hydrogens is 458 g/mol. The Labute approximate surface area is 207 Å². The van der Waals surface area contributed by atoms with Gasteiger partial charge in [0.2, 0.25) is 5.91 Å². The standard InChI is InChI=1S/C28H27N3O5/c1-30-16-22(21-8-4-5-9-24(21)30)27(34)31-15-20(32)14-25(31)26(33)29-23(28(35)36)13-17-10-11-18-6-2-3-7-19(18)12-17/h2-12,16,20,23,25,32H,13-15H2,1H3,(H,29,33)(H,35,36)/t20-,23+,25+/m1/s1. The summed E-state index contributed by atoms with van der Waals surface area (Å²) in [6, 6.07) is 18.8. The summed E-state index contributed by atoms with van der Waals surface area (Å²) in [6.45, 7) is 0.00253. The van der Waals surface area contributed by atoms with E-state index in [4.69, 9.17) is 0 Å². The first kappa shape index (κ1) is 23.6. The highest BCUT2D eigenvalue weighted by molar-refractivity contribution is 6.08. The summed E-state index contributed by atoms with van der Waals surface area (Å²) in [5, 5.41) is 25.5. The van der Waals surface area contributed by atoms with E-state index in [0.29, 0.717) is 5.56 Å². The lowest BCUT2D eigenvalue weighted by molar-refractivity contribution is -0.142. The molecule has 0 bridgehead atoms. The highest BCUT2D eigenvalue weighted by Gasteiger charge is 2.41. The maximum Gasteiger partial charge on any atom is 0.326 e. The van der Waals surface area contributed by atoms with Crippen LogP contribution < -0.4 is 5.32 Å². The number of amides is 2. The SMILES string of the molecule is Cn1cc(C(=O)N2C[C@H](O)C[C@H]2C(=O)N[C@@H](Cc2ccc3ccccc3c2)C(=O)O)c2ccccc21. The Hall–Kier alpha value is -4.17. The number of aliphatic carboxylic acids is 1. The average Bonchev–Trinajstić information content (AvgIpc) is 3.43. The molecular formula is C28H27N3O5. The van der Waals surface area contributed by atoms with E-state index in [9.17, 15) is 24.6 Å². The topological polar surface area (TPSA) is 112 Å². The van der Waals surface area contributed by atoms with Gasteiger partial charge in [0.15, 0.2) is 0 Å². The molecule has 1 fully saturated rings. The van der Waals surface area contributed by atoms with E-state index >= 15 is 0 Å². The van der Waals surface area contributed by atoms with Gasteiger partial charge in [0, 0.05) is 43.5 Å². The minimum Gasteiger partial charge on any atom is -0.480 e. The molecule has 1 aliphatic rings. The number of para-hydroxylation sites is 1. The molecule has 1 saturated heterocycles. The Morgan fingerprint density at radius 2 is 1.75 bits per heavy atom. The lowest BCUT2D eigenvalue weighted by atomic mass is 10.0. The molecule has 36 heavy (non-hydrogen) atoms. The Bertz CT molecular complexity index is 1480. The number of aryl methyl sites for hydroxylation is 1. The molecule has 0 aliphatic carbocycles. The van der Waals surface area contributed by atoms with Crippen molar-refractivity contribution < 1.29 is 24.6 Å². The number of likely N-dealkylation sites (tertiary alicyclic amines) is 1. The number of carboxylic acid groups (broad SMARTS) is 1. The van der Waals surface area contributed by atoms with E-state index in [0.717, 1.165) is 27.2 Å². The molecule has 3 atom stereocenters. The molecule has 3 aromatic carbocycles. The van der Waals surface area contributed by atoms with Crippen molar-refractivity contribution in [2.45, 2.75) is 31.0 Å². The molecule has 5 rings (SSSR count). The van der Waals surface area contributed by atoms with Crippen LogP contribution in [0.3, 0.4) is 0 Å². The number of nitrogens with zero attached hydrogens (tertiary/aromatic N) is 2. The number of carbonyl (C=O) groups excluding carboxylic acids is 2. The molecule has 8 nitrogen and oxygen atoms in total. The number of fused-ring (bicyclic) bond motifs is 2. The second kappa shape index (κ2) is 9.47. The fraction of sp³-hybridized carbons (Fsp3) is 0.250. The van der Waals surface area contributed by atoms with E-state index in [2.05, 4.69) is 5.32 Å². The van der Waals surface area contributed by atoms with Gasteiger partial charge in [0.1, 0.15) is 12.1 Å². The molecule has 8 heteroatoms. The summed E-state index contributed by atoms with van der Waals surface area (Å²) in [5.74, 6) is -2.12. The summed E-state index contributed by atoms with van der Waals surface area (Å²) < 4.78 is 1.84. The van der Waals surface area contributed by atoms with Gasteiger partial charge in [-0.25, -0.2) is 4.79 Å². The summed E-state index contributed by atoms with van der Waals surface area (Å²) in [6.07, 6.45) is 0.985. The maximum atomic E-state index is 13.5. The first-order valence-electron chi connectivity index (χ1n) is 11.9. The number of rotatable bonds is 6. The summed E-state index contributed by atoms with van der Waals surface area (Å²) in [4.78, 5) is 40.1. The van der Waals surface area contributed by atoms with Crippen LogP contribution in [0.5, 0.6) is 0 Å². The molecule has 2 amide bonds. The maximum absolute atomic E-state index is 13.5. The number of β-amino-alcohol motifs (C(OH)–C–C–N with tert-alkyl or cyclic N) is 1. The predicted octanol–water partition coefficient (Wildman–Crippen LogP) is 2.72. The van der Waals surface area contributed by atoms with Crippen LogP contribution in [0, 0.1) is 0 Å². The van der Waals surface area contributed by atoms with E-state index in [-0.39, 0.29) is 25.3 Å². The molecule has 0 radical (unpaired) electrons. The summed E-state index contributed by atoms with van der Waals surface area (Å²) in [5.41, 5.74) is 2.09. The van der Waals surface area contributed by atoms with Crippen molar-refractivity contribution in [3.63, 3.8) is 0 Å². The molecule has 0 saturated carbocycles. The van der Waals surface area contributed by atoms with Crippen LogP contribution in [0.25, 0.3) is 21.7 Å². The Morgan fingerprint density at radius 3 is 2.53 bits per heavy atom. The number of hydrogen-bond donors (Lipinski definition) is 3. The Morgan fingerprint density at radius 1 is 1.03 bits per heavy atom. The summed E-state index contributed by atoms with van der Waals surface area (Å²) >= 11 is 0. The van der Waals surface area contributed by atoms with Crippen molar-refractivity contribution in [1.82, 2.24) is 14.8 Å². The number of carbonyl (C=O) groups is 3. The largest absolute Gasteiger partial charge is 0.480 e. The average molecular weight is 486 g/mol. The zero-order valence-corrected chi connectivity index (χ0v) is 19.8. The first-order valence-corrected chi connectivity index (χ1v) is 11.9. The normalized spacial score (nSPS) is 18.4. The minimum absolute atomic E-state index is 0.00253. The second-order valence-corrected chi connectivity index (χ2v) is 9.32. The van der Waals surface area contributed by atoms with E-state index < -0.39 is 30.1 Å². The van der Waals surface area contributed by atoms with Gasteiger partial charge < -0.3 is 25.0 Å². The summed E-state index contributed by atoms with van der Waals surface area (Å²) in [7, 11) is 1.84.